The van der Waals surface area contributed by atoms with Crippen LogP contribution in [0.15, 0.2) is 17.1 Å². The van der Waals surface area contributed by atoms with Crippen molar-refractivity contribution in [3.63, 3.8) is 0 Å². The third-order valence-electron chi connectivity index (χ3n) is 4.24. The third-order valence-corrected chi connectivity index (χ3v) is 5.53. The minimum atomic E-state index is -4.49. The molecule has 1 aromatic rings. The van der Waals surface area contributed by atoms with Gasteiger partial charge in [0, 0.05) is 20.4 Å². The first kappa shape index (κ1) is 25.9. The largest absolute Gasteiger partial charge is 0.473 e. The predicted octanol–water partition coefficient (Wildman–Crippen LogP) is 2.31. The fourth-order valence-electron chi connectivity index (χ4n) is 3.04. The molecule has 0 amide bonds. The van der Waals surface area contributed by atoms with Gasteiger partial charge in [-0.25, -0.2) is 9.36 Å². The second kappa shape index (κ2) is 9.66. The molecule has 0 saturated carbocycles. The van der Waals surface area contributed by atoms with Gasteiger partial charge in [-0.3, -0.25) is 13.6 Å². The first-order valence-corrected chi connectivity index (χ1v) is 11.5. The van der Waals surface area contributed by atoms with Crippen LogP contribution in [0.25, 0.3) is 0 Å². The molecule has 1 aromatic heterocycles. The highest BCUT2D eigenvalue weighted by Crippen LogP contribution is 2.51. The zero-order chi connectivity index (χ0) is 23.6. The summed E-state index contributed by atoms with van der Waals surface area (Å²) in [5.74, 6) is 0.395. The van der Waals surface area contributed by atoms with Crippen LogP contribution in [0.1, 0.15) is 47.8 Å². The Hall–Kier alpha value is -1.33. The molecular formula is C19H34N3O8P. The molecule has 0 aliphatic carbocycles. The van der Waals surface area contributed by atoms with Gasteiger partial charge in [0.2, 0.25) is 0 Å². The lowest BCUT2D eigenvalue weighted by Crippen LogP contribution is -2.40. The van der Waals surface area contributed by atoms with Gasteiger partial charge in [-0.05, 0) is 47.6 Å². The summed E-state index contributed by atoms with van der Waals surface area (Å²) < 4.78 is 42.0. The second-order valence-corrected chi connectivity index (χ2v) is 10.5. The second-order valence-electron chi connectivity index (χ2n) is 9.18. The lowest BCUT2D eigenvalue weighted by Gasteiger charge is -2.29. The van der Waals surface area contributed by atoms with E-state index in [1.807, 2.05) is 20.8 Å². The van der Waals surface area contributed by atoms with Crippen LogP contribution in [0.4, 0.5) is 5.82 Å². The van der Waals surface area contributed by atoms with E-state index in [4.69, 9.17) is 23.3 Å². The molecule has 0 radical (unpaired) electrons. The van der Waals surface area contributed by atoms with E-state index in [-0.39, 0.29) is 6.61 Å². The predicted molar refractivity (Wildman–Crippen MR) is 114 cm³/mol. The summed E-state index contributed by atoms with van der Waals surface area (Å²) in [4.78, 5) is 26.8. The Morgan fingerprint density at radius 3 is 2.35 bits per heavy atom. The van der Waals surface area contributed by atoms with E-state index in [9.17, 15) is 14.3 Å². The van der Waals surface area contributed by atoms with Gasteiger partial charge in [0.1, 0.15) is 24.1 Å². The first-order chi connectivity index (χ1) is 14.2. The maximum Gasteiger partial charge on any atom is 0.473 e. The van der Waals surface area contributed by atoms with Crippen LogP contribution in [-0.2, 0) is 27.8 Å². The van der Waals surface area contributed by atoms with Crippen LogP contribution in [0, 0.1) is 0 Å². The summed E-state index contributed by atoms with van der Waals surface area (Å²) in [5.41, 5.74) is -1.99. The number of ether oxygens (including phenoxy) is 3. The highest BCUT2D eigenvalue weighted by atomic mass is 31.2. The summed E-state index contributed by atoms with van der Waals surface area (Å²) in [5, 5.41) is 2.79. The van der Waals surface area contributed by atoms with Crippen molar-refractivity contribution in [3.8, 4) is 0 Å². The Labute approximate surface area is 182 Å². The first-order valence-electron chi connectivity index (χ1n) is 9.97. The van der Waals surface area contributed by atoms with Gasteiger partial charge >= 0.3 is 13.5 Å². The Morgan fingerprint density at radius 1 is 1.23 bits per heavy atom. The molecule has 2 rings (SSSR count). The minimum absolute atomic E-state index is 0.0385. The van der Waals surface area contributed by atoms with Crippen molar-refractivity contribution in [1.29, 1.82) is 0 Å². The molecule has 5 atom stereocenters. The fourth-order valence-corrected chi connectivity index (χ4v) is 4.34. The number of hydrogen-bond acceptors (Lipinski definition) is 9. The van der Waals surface area contributed by atoms with Crippen molar-refractivity contribution in [2.75, 3.05) is 26.1 Å². The molecule has 31 heavy (non-hydrogen) atoms. The summed E-state index contributed by atoms with van der Waals surface area (Å²) in [6.07, 6.45) is -2.21. The average Bonchev–Trinajstić information content (AvgIpc) is 2.93. The molecule has 0 bridgehead atoms. The lowest BCUT2D eigenvalue weighted by atomic mass is 10.1. The molecule has 0 aromatic carbocycles. The van der Waals surface area contributed by atoms with Crippen molar-refractivity contribution in [2.24, 2.45) is 0 Å². The molecule has 0 spiro atoms. The number of rotatable bonds is 8. The minimum Gasteiger partial charge on any atom is -0.374 e. The van der Waals surface area contributed by atoms with E-state index in [1.165, 1.54) is 17.9 Å². The Kier molecular flexibility index (Phi) is 8.08. The summed E-state index contributed by atoms with van der Waals surface area (Å²) >= 11 is 0. The SMILES string of the molecule is CNc1ccn([C@@H]2O[C@H](COC(C)(C)C)C(OP(=O)(O)OC(C)(C)C)[C@@H]2OC)c(=O)n1. The molecule has 2 N–H and O–H groups in total. The number of methoxy groups -OCH3 is 1. The zero-order valence-electron chi connectivity index (χ0n) is 19.3. The Balaban J connectivity index is 2.38. The standard InChI is InChI=1S/C19H34N3O8P/c1-18(2,3)27-11-12-14(29-31(24,25)30-19(4,5)6)15(26-8)16(28-12)22-10-9-13(20-7)21-17(22)23/h9-10,12,14-16H,11H2,1-8H3,(H,24,25)(H,20,21,23)/t12-,14?,15+,16-/m1/s1. The van der Waals surface area contributed by atoms with Crippen LogP contribution in [0.3, 0.4) is 0 Å². The van der Waals surface area contributed by atoms with Gasteiger partial charge in [0.05, 0.1) is 17.8 Å². The number of hydrogen-bond donors (Lipinski definition) is 2. The van der Waals surface area contributed by atoms with E-state index in [0.717, 1.165) is 0 Å². The molecule has 1 saturated heterocycles. The van der Waals surface area contributed by atoms with Crippen LogP contribution in [0.2, 0.25) is 0 Å². The van der Waals surface area contributed by atoms with Gasteiger partial charge in [0.25, 0.3) is 0 Å². The van der Waals surface area contributed by atoms with E-state index in [2.05, 4.69) is 10.3 Å². The van der Waals surface area contributed by atoms with Gasteiger partial charge < -0.3 is 24.4 Å². The van der Waals surface area contributed by atoms with Gasteiger partial charge in [-0.15, -0.1) is 0 Å². The van der Waals surface area contributed by atoms with E-state index >= 15 is 0 Å². The number of nitrogens with zero attached hydrogens (tertiary/aromatic N) is 2. The van der Waals surface area contributed by atoms with Crippen LogP contribution < -0.4 is 11.0 Å². The van der Waals surface area contributed by atoms with Crippen molar-refractivity contribution in [1.82, 2.24) is 9.55 Å². The molecule has 1 aliphatic heterocycles. The molecule has 2 unspecified atom stereocenters. The molecular weight excluding hydrogens is 429 g/mol. The topological polar surface area (TPSA) is 130 Å². The van der Waals surface area contributed by atoms with Gasteiger partial charge in [0.15, 0.2) is 6.23 Å². The Bertz CT molecular complexity index is 848. The van der Waals surface area contributed by atoms with E-state index in [0.29, 0.717) is 5.82 Å². The molecule has 12 heteroatoms. The maximum absolute atomic E-state index is 12.7. The van der Waals surface area contributed by atoms with Crippen LogP contribution in [0.5, 0.6) is 0 Å². The van der Waals surface area contributed by atoms with Crippen molar-refractivity contribution in [2.45, 2.75) is 77.3 Å². The number of nitrogens with one attached hydrogen (secondary N) is 1. The quantitative estimate of drug-likeness (QED) is 0.554. The number of aromatic nitrogens is 2. The number of anilines is 1. The lowest BCUT2D eigenvalue weighted by molar-refractivity contribution is -0.102. The fraction of sp³-hybridized carbons (Fsp3) is 0.789. The summed E-state index contributed by atoms with van der Waals surface area (Å²) in [6.45, 7) is 10.5. The normalized spacial score (nSPS) is 26.6. The van der Waals surface area contributed by atoms with Crippen LogP contribution in [-0.4, -0.2) is 64.7 Å². The van der Waals surface area contributed by atoms with Crippen molar-refractivity contribution < 1.29 is 32.7 Å². The Morgan fingerprint density at radius 2 is 1.87 bits per heavy atom. The molecule has 11 nitrogen and oxygen atoms in total. The highest BCUT2D eigenvalue weighted by molar-refractivity contribution is 7.47. The van der Waals surface area contributed by atoms with E-state index < -0.39 is 49.3 Å². The average molecular weight is 463 g/mol. The monoisotopic (exact) mass is 463 g/mol. The third kappa shape index (κ3) is 7.35. The summed E-state index contributed by atoms with van der Waals surface area (Å²) in [7, 11) is -1.44. The summed E-state index contributed by atoms with van der Waals surface area (Å²) in [6, 6.07) is 1.60. The highest BCUT2D eigenvalue weighted by Gasteiger charge is 2.51. The van der Waals surface area contributed by atoms with Gasteiger partial charge in [-0.2, -0.15) is 4.98 Å². The molecule has 2 heterocycles. The smallest absolute Gasteiger partial charge is 0.374 e. The van der Waals surface area contributed by atoms with E-state index in [1.54, 1.807) is 33.9 Å². The number of phosphoric ester groups is 1. The zero-order valence-corrected chi connectivity index (χ0v) is 20.2. The van der Waals surface area contributed by atoms with Gasteiger partial charge in [-0.1, -0.05) is 0 Å². The van der Waals surface area contributed by atoms with Crippen molar-refractivity contribution in [3.05, 3.63) is 22.7 Å². The van der Waals surface area contributed by atoms with Crippen LogP contribution >= 0.6 is 7.82 Å². The van der Waals surface area contributed by atoms with Crippen molar-refractivity contribution >= 4 is 13.6 Å². The molecule has 1 fully saturated rings. The molecule has 1 aliphatic rings. The number of phosphoric acid groups is 1. The molecule has 178 valence electrons. The maximum atomic E-state index is 12.7.